The van der Waals surface area contributed by atoms with Crippen molar-refractivity contribution < 1.29 is 4.79 Å². The second kappa shape index (κ2) is 6.96. The van der Waals surface area contributed by atoms with Crippen molar-refractivity contribution in [3.63, 3.8) is 0 Å². The summed E-state index contributed by atoms with van der Waals surface area (Å²) in [5, 5.41) is 9.45. The Kier molecular flexibility index (Phi) is 4.61. The summed E-state index contributed by atoms with van der Waals surface area (Å²) in [7, 11) is 0. The molecule has 0 unspecified atom stereocenters. The maximum Gasteiger partial charge on any atom is 0.163 e. The van der Waals surface area contributed by atoms with Crippen LogP contribution in [-0.2, 0) is 6.42 Å². The Morgan fingerprint density at radius 1 is 1.25 bits per heavy atom. The lowest BCUT2D eigenvalue weighted by Gasteiger charge is -2.15. The lowest BCUT2D eigenvalue weighted by Crippen LogP contribution is -2.15. The van der Waals surface area contributed by atoms with E-state index in [1.807, 2.05) is 42.4 Å². The molecule has 28 heavy (non-hydrogen) atoms. The minimum Gasteiger partial charge on any atom is -0.294 e. The van der Waals surface area contributed by atoms with Crippen molar-refractivity contribution in [3.8, 4) is 5.69 Å². The highest BCUT2D eigenvalue weighted by atomic mass is 16.1. The molecule has 1 saturated carbocycles. The topological polar surface area (TPSA) is 78.5 Å². The summed E-state index contributed by atoms with van der Waals surface area (Å²) >= 11 is 0. The molecule has 0 aromatic carbocycles. The molecule has 3 heterocycles. The number of hydrogen-bond acceptors (Lipinski definition) is 5. The van der Waals surface area contributed by atoms with Crippen LogP contribution in [0.5, 0.6) is 0 Å². The second-order valence-electron chi connectivity index (χ2n) is 7.83. The minimum absolute atomic E-state index is 0.0556. The Hall–Kier alpha value is -2.83. The van der Waals surface area contributed by atoms with Gasteiger partial charge in [0.05, 0.1) is 23.0 Å². The van der Waals surface area contributed by atoms with Crippen LogP contribution in [-0.4, -0.2) is 35.3 Å². The molecule has 1 aliphatic rings. The van der Waals surface area contributed by atoms with E-state index in [2.05, 4.69) is 17.0 Å². The molecule has 0 spiro atoms. The van der Waals surface area contributed by atoms with E-state index in [9.17, 15) is 4.79 Å². The first kappa shape index (κ1) is 18.5. The molecular weight excluding hydrogens is 352 g/mol. The molecule has 0 bridgehead atoms. The standard InChI is InChI=1S/C21H26N6O/c1-12-11-22-9-8-18(12)27-19(23-21(25-27)17-6-7-17)10-13(2)26-15(4)20(16(5)28)14(3)24-26/h8-9,11,13,17H,6-7,10H2,1-5H3/t13-/m1/s1. The average molecular weight is 378 g/mol. The van der Waals surface area contributed by atoms with Gasteiger partial charge in [0.25, 0.3) is 0 Å². The number of rotatable bonds is 6. The highest BCUT2D eigenvalue weighted by Crippen LogP contribution is 2.38. The van der Waals surface area contributed by atoms with E-state index in [1.165, 1.54) is 0 Å². The van der Waals surface area contributed by atoms with E-state index in [-0.39, 0.29) is 11.8 Å². The predicted molar refractivity (Wildman–Crippen MR) is 106 cm³/mol. The lowest BCUT2D eigenvalue weighted by atomic mass is 10.1. The van der Waals surface area contributed by atoms with Crippen molar-refractivity contribution in [3.05, 3.63) is 52.6 Å². The molecule has 1 fully saturated rings. The minimum atomic E-state index is 0.0556. The van der Waals surface area contributed by atoms with Crippen LogP contribution in [0.15, 0.2) is 18.5 Å². The summed E-state index contributed by atoms with van der Waals surface area (Å²) in [6.45, 7) is 9.59. The quantitative estimate of drug-likeness (QED) is 0.612. The van der Waals surface area contributed by atoms with Gasteiger partial charge in [-0.05, 0) is 59.1 Å². The lowest BCUT2D eigenvalue weighted by molar-refractivity contribution is 0.101. The van der Waals surface area contributed by atoms with Gasteiger partial charge in [-0.15, -0.1) is 0 Å². The molecule has 0 saturated heterocycles. The van der Waals surface area contributed by atoms with Crippen LogP contribution < -0.4 is 0 Å². The third kappa shape index (κ3) is 3.25. The number of Topliss-reactive ketones (excluding diaryl/α,β-unsaturated/α-hetero) is 1. The van der Waals surface area contributed by atoms with E-state index >= 15 is 0 Å². The number of aryl methyl sites for hydroxylation is 2. The molecule has 1 atom stereocenters. The van der Waals surface area contributed by atoms with Crippen LogP contribution in [0.1, 0.15) is 77.6 Å². The molecule has 3 aromatic heterocycles. The van der Waals surface area contributed by atoms with E-state index in [0.29, 0.717) is 12.3 Å². The van der Waals surface area contributed by atoms with E-state index in [0.717, 1.165) is 52.7 Å². The molecule has 1 aliphatic carbocycles. The van der Waals surface area contributed by atoms with E-state index in [1.54, 1.807) is 13.1 Å². The number of carbonyl (C=O) groups excluding carboxylic acids is 1. The van der Waals surface area contributed by atoms with Crippen molar-refractivity contribution in [2.45, 2.75) is 65.8 Å². The third-order valence-electron chi connectivity index (χ3n) is 5.42. The van der Waals surface area contributed by atoms with Gasteiger partial charge in [-0.2, -0.15) is 10.2 Å². The molecular formula is C21H26N6O. The second-order valence-corrected chi connectivity index (χ2v) is 7.83. The first-order chi connectivity index (χ1) is 13.4. The Balaban J connectivity index is 1.71. The van der Waals surface area contributed by atoms with Crippen molar-refractivity contribution in [2.24, 2.45) is 0 Å². The molecule has 7 heteroatoms. The zero-order valence-electron chi connectivity index (χ0n) is 17.1. The van der Waals surface area contributed by atoms with Crippen LogP contribution in [0, 0.1) is 20.8 Å². The molecule has 0 N–H and O–H groups in total. The number of ketones is 1. The van der Waals surface area contributed by atoms with Gasteiger partial charge < -0.3 is 0 Å². The molecule has 0 amide bonds. The van der Waals surface area contributed by atoms with Crippen molar-refractivity contribution in [2.75, 3.05) is 0 Å². The number of carbonyl (C=O) groups is 1. The fourth-order valence-electron chi connectivity index (χ4n) is 3.86. The van der Waals surface area contributed by atoms with E-state index in [4.69, 9.17) is 10.1 Å². The summed E-state index contributed by atoms with van der Waals surface area (Å²) in [5.41, 5.74) is 4.48. The zero-order valence-corrected chi connectivity index (χ0v) is 17.1. The smallest absolute Gasteiger partial charge is 0.163 e. The number of pyridine rings is 1. The number of nitrogens with zero attached hydrogens (tertiary/aromatic N) is 6. The van der Waals surface area contributed by atoms with Crippen molar-refractivity contribution in [1.82, 2.24) is 29.5 Å². The molecule has 4 rings (SSSR count). The highest BCUT2D eigenvalue weighted by Gasteiger charge is 2.30. The molecule has 7 nitrogen and oxygen atoms in total. The summed E-state index contributed by atoms with van der Waals surface area (Å²) < 4.78 is 3.90. The number of hydrogen-bond donors (Lipinski definition) is 0. The van der Waals surface area contributed by atoms with Crippen LogP contribution in [0.4, 0.5) is 0 Å². The van der Waals surface area contributed by atoms with Gasteiger partial charge in [0.1, 0.15) is 5.82 Å². The molecule has 0 radical (unpaired) electrons. The van der Waals surface area contributed by atoms with Gasteiger partial charge in [0, 0.05) is 30.4 Å². The molecule has 146 valence electrons. The van der Waals surface area contributed by atoms with Gasteiger partial charge in [0.2, 0.25) is 0 Å². The van der Waals surface area contributed by atoms with Crippen molar-refractivity contribution >= 4 is 5.78 Å². The fraction of sp³-hybridized carbons (Fsp3) is 0.476. The van der Waals surface area contributed by atoms with Crippen LogP contribution in [0.2, 0.25) is 0 Å². The predicted octanol–water partition coefficient (Wildman–Crippen LogP) is 3.67. The Morgan fingerprint density at radius 2 is 2.00 bits per heavy atom. The summed E-state index contributed by atoms with van der Waals surface area (Å²) in [6, 6.07) is 2.04. The maximum absolute atomic E-state index is 12.0. The highest BCUT2D eigenvalue weighted by molar-refractivity contribution is 5.96. The van der Waals surface area contributed by atoms with Gasteiger partial charge in [0.15, 0.2) is 11.6 Å². The van der Waals surface area contributed by atoms with Crippen molar-refractivity contribution in [1.29, 1.82) is 0 Å². The normalized spacial score (nSPS) is 15.0. The number of aromatic nitrogens is 6. The van der Waals surface area contributed by atoms with Crippen LogP contribution in [0.3, 0.4) is 0 Å². The molecule has 0 aliphatic heterocycles. The first-order valence-corrected chi connectivity index (χ1v) is 9.80. The Labute approximate surface area is 164 Å². The van der Waals surface area contributed by atoms with Crippen LogP contribution >= 0.6 is 0 Å². The Morgan fingerprint density at radius 3 is 2.61 bits per heavy atom. The van der Waals surface area contributed by atoms with Gasteiger partial charge in [-0.1, -0.05) is 0 Å². The largest absolute Gasteiger partial charge is 0.294 e. The molecule has 3 aromatic rings. The van der Waals surface area contributed by atoms with Gasteiger partial charge >= 0.3 is 0 Å². The third-order valence-corrected chi connectivity index (χ3v) is 5.42. The van der Waals surface area contributed by atoms with Crippen LogP contribution in [0.25, 0.3) is 5.69 Å². The Bertz CT molecular complexity index is 1040. The monoisotopic (exact) mass is 378 g/mol. The fourth-order valence-corrected chi connectivity index (χ4v) is 3.86. The zero-order chi connectivity index (χ0) is 20.0. The van der Waals surface area contributed by atoms with E-state index < -0.39 is 0 Å². The SMILES string of the molecule is CC(=O)c1c(C)nn([C@H](C)Cc2nc(C3CC3)nn2-c2ccncc2C)c1C. The van der Waals surface area contributed by atoms with Gasteiger partial charge in [-0.3, -0.25) is 14.5 Å². The summed E-state index contributed by atoms with van der Waals surface area (Å²) in [6.07, 6.45) is 6.64. The maximum atomic E-state index is 12.0. The average Bonchev–Trinajstić information content (AvgIpc) is 3.34. The van der Waals surface area contributed by atoms with Gasteiger partial charge in [-0.25, -0.2) is 9.67 Å². The summed E-state index contributed by atoms with van der Waals surface area (Å²) in [4.78, 5) is 21.0. The summed E-state index contributed by atoms with van der Waals surface area (Å²) in [5.74, 6) is 2.38. The first-order valence-electron chi connectivity index (χ1n) is 9.80.